The van der Waals surface area contributed by atoms with Crippen LogP contribution in [-0.4, -0.2) is 13.7 Å². The van der Waals surface area contributed by atoms with Crippen molar-refractivity contribution in [1.82, 2.24) is 0 Å². The molecule has 0 aliphatic carbocycles. The normalized spacial score (nSPS) is 12.2. The SMILES string of the molecule is CCCOc1ccc(C(c2ccc(OC)cc2)C(C)C)cc1. The molecule has 2 heteroatoms. The van der Waals surface area contributed by atoms with Crippen LogP contribution in [0.15, 0.2) is 48.5 Å². The van der Waals surface area contributed by atoms with Gasteiger partial charge < -0.3 is 9.47 Å². The van der Waals surface area contributed by atoms with Crippen molar-refractivity contribution < 1.29 is 9.47 Å². The highest BCUT2D eigenvalue weighted by Gasteiger charge is 2.18. The van der Waals surface area contributed by atoms with Gasteiger partial charge in [0, 0.05) is 5.92 Å². The molecule has 1 atom stereocenters. The van der Waals surface area contributed by atoms with E-state index in [0.717, 1.165) is 24.5 Å². The number of hydrogen-bond donors (Lipinski definition) is 0. The highest BCUT2D eigenvalue weighted by Crippen LogP contribution is 2.33. The van der Waals surface area contributed by atoms with Gasteiger partial charge in [0.05, 0.1) is 13.7 Å². The third-order valence-corrected chi connectivity index (χ3v) is 3.85. The fourth-order valence-electron chi connectivity index (χ4n) is 2.76. The van der Waals surface area contributed by atoms with E-state index in [2.05, 4.69) is 57.2 Å². The Balaban J connectivity index is 2.23. The molecule has 2 aromatic carbocycles. The molecule has 2 nitrogen and oxygen atoms in total. The summed E-state index contributed by atoms with van der Waals surface area (Å²) in [7, 11) is 1.70. The monoisotopic (exact) mass is 298 g/mol. The van der Waals surface area contributed by atoms with Crippen LogP contribution < -0.4 is 9.47 Å². The molecule has 0 aromatic heterocycles. The van der Waals surface area contributed by atoms with Gasteiger partial charge in [0.15, 0.2) is 0 Å². The molecule has 0 aliphatic rings. The molecule has 1 unspecified atom stereocenters. The summed E-state index contributed by atoms with van der Waals surface area (Å²) < 4.78 is 10.9. The zero-order valence-electron chi connectivity index (χ0n) is 14.0. The third kappa shape index (κ3) is 4.03. The zero-order chi connectivity index (χ0) is 15.9. The molecule has 0 fully saturated rings. The van der Waals surface area contributed by atoms with E-state index < -0.39 is 0 Å². The van der Waals surface area contributed by atoms with Gasteiger partial charge in [-0.3, -0.25) is 0 Å². The summed E-state index contributed by atoms with van der Waals surface area (Å²) in [6.07, 6.45) is 1.03. The number of rotatable bonds is 7. The molecule has 0 amide bonds. The van der Waals surface area contributed by atoms with Gasteiger partial charge in [-0.15, -0.1) is 0 Å². The summed E-state index contributed by atoms with van der Waals surface area (Å²) in [6, 6.07) is 16.9. The van der Waals surface area contributed by atoms with Gasteiger partial charge in [0.1, 0.15) is 11.5 Å². The number of methoxy groups -OCH3 is 1. The Labute approximate surface area is 134 Å². The lowest BCUT2D eigenvalue weighted by molar-refractivity contribution is 0.317. The van der Waals surface area contributed by atoms with Crippen LogP contribution >= 0.6 is 0 Å². The van der Waals surface area contributed by atoms with E-state index in [-0.39, 0.29) is 0 Å². The van der Waals surface area contributed by atoms with E-state index in [1.54, 1.807) is 7.11 Å². The quantitative estimate of drug-likeness (QED) is 0.693. The fraction of sp³-hybridized carbons (Fsp3) is 0.400. The molecule has 0 radical (unpaired) electrons. The lowest BCUT2D eigenvalue weighted by Crippen LogP contribution is -2.08. The molecule has 0 bridgehead atoms. The van der Waals surface area contributed by atoms with Crippen molar-refractivity contribution in [2.45, 2.75) is 33.1 Å². The Morgan fingerprint density at radius 1 is 0.818 bits per heavy atom. The van der Waals surface area contributed by atoms with Crippen LogP contribution in [0.3, 0.4) is 0 Å². The van der Waals surface area contributed by atoms with E-state index in [1.165, 1.54) is 11.1 Å². The smallest absolute Gasteiger partial charge is 0.119 e. The minimum absolute atomic E-state index is 0.381. The first kappa shape index (κ1) is 16.4. The van der Waals surface area contributed by atoms with Gasteiger partial charge in [0.2, 0.25) is 0 Å². The van der Waals surface area contributed by atoms with Gasteiger partial charge in [-0.25, -0.2) is 0 Å². The van der Waals surface area contributed by atoms with E-state index in [4.69, 9.17) is 9.47 Å². The number of hydrogen-bond acceptors (Lipinski definition) is 2. The van der Waals surface area contributed by atoms with Gasteiger partial charge in [-0.05, 0) is 47.7 Å². The van der Waals surface area contributed by atoms with Crippen LogP contribution in [0.25, 0.3) is 0 Å². The lowest BCUT2D eigenvalue weighted by atomic mass is 9.82. The Hall–Kier alpha value is -1.96. The second-order valence-corrected chi connectivity index (χ2v) is 5.91. The summed E-state index contributed by atoms with van der Waals surface area (Å²) in [5.74, 6) is 2.75. The zero-order valence-corrected chi connectivity index (χ0v) is 14.0. The number of benzene rings is 2. The molecule has 0 heterocycles. The maximum atomic E-state index is 5.67. The second kappa shape index (κ2) is 7.88. The van der Waals surface area contributed by atoms with Crippen LogP contribution in [0.4, 0.5) is 0 Å². The molecule has 2 aromatic rings. The van der Waals surface area contributed by atoms with Crippen LogP contribution in [0.2, 0.25) is 0 Å². The highest BCUT2D eigenvalue weighted by molar-refractivity contribution is 5.38. The molecular weight excluding hydrogens is 272 g/mol. The average molecular weight is 298 g/mol. The van der Waals surface area contributed by atoms with E-state index >= 15 is 0 Å². The van der Waals surface area contributed by atoms with Crippen molar-refractivity contribution >= 4 is 0 Å². The Bertz CT molecular complexity index is 555. The molecular formula is C20H26O2. The Morgan fingerprint density at radius 2 is 1.32 bits per heavy atom. The first-order valence-electron chi connectivity index (χ1n) is 8.02. The van der Waals surface area contributed by atoms with E-state index in [0.29, 0.717) is 11.8 Å². The topological polar surface area (TPSA) is 18.5 Å². The maximum absolute atomic E-state index is 5.67. The van der Waals surface area contributed by atoms with Gasteiger partial charge in [0.25, 0.3) is 0 Å². The summed E-state index contributed by atoms with van der Waals surface area (Å²) in [6.45, 7) is 7.41. The van der Waals surface area contributed by atoms with Gasteiger partial charge >= 0.3 is 0 Å². The minimum atomic E-state index is 0.381. The second-order valence-electron chi connectivity index (χ2n) is 5.91. The molecule has 0 N–H and O–H groups in total. The van der Waals surface area contributed by atoms with Crippen LogP contribution in [0, 0.1) is 5.92 Å². The van der Waals surface area contributed by atoms with Crippen LogP contribution in [-0.2, 0) is 0 Å². The first-order chi connectivity index (χ1) is 10.7. The van der Waals surface area contributed by atoms with Gasteiger partial charge in [-0.1, -0.05) is 45.0 Å². The fourth-order valence-corrected chi connectivity index (χ4v) is 2.76. The average Bonchev–Trinajstić information content (AvgIpc) is 2.54. The number of ether oxygens (including phenoxy) is 2. The predicted octanol–water partition coefficient (Wildman–Crippen LogP) is 5.27. The van der Waals surface area contributed by atoms with Crippen LogP contribution in [0.5, 0.6) is 11.5 Å². The van der Waals surface area contributed by atoms with Gasteiger partial charge in [-0.2, -0.15) is 0 Å². The Kier molecular flexibility index (Phi) is 5.88. The summed E-state index contributed by atoms with van der Waals surface area (Å²) in [5, 5.41) is 0. The minimum Gasteiger partial charge on any atom is -0.497 e. The van der Waals surface area contributed by atoms with Crippen molar-refractivity contribution in [3.63, 3.8) is 0 Å². The van der Waals surface area contributed by atoms with E-state index in [9.17, 15) is 0 Å². The molecule has 2 rings (SSSR count). The van der Waals surface area contributed by atoms with Crippen molar-refractivity contribution in [1.29, 1.82) is 0 Å². The summed E-state index contributed by atoms with van der Waals surface area (Å²) in [5.41, 5.74) is 2.64. The van der Waals surface area contributed by atoms with E-state index in [1.807, 2.05) is 12.1 Å². The molecule has 0 aliphatic heterocycles. The van der Waals surface area contributed by atoms with Crippen LogP contribution in [0.1, 0.15) is 44.2 Å². The summed E-state index contributed by atoms with van der Waals surface area (Å²) in [4.78, 5) is 0. The largest absolute Gasteiger partial charge is 0.497 e. The molecule has 0 spiro atoms. The van der Waals surface area contributed by atoms with Crippen molar-refractivity contribution in [3.05, 3.63) is 59.7 Å². The highest BCUT2D eigenvalue weighted by atomic mass is 16.5. The standard InChI is InChI=1S/C20H26O2/c1-5-14-22-19-12-8-17(9-13-19)20(15(2)3)16-6-10-18(21-4)11-7-16/h6-13,15,20H,5,14H2,1-4H3. The first-order valence-corrected chi connectivity index (χ1v) is 8.02. The molecule has 0 saturated carbocycles. The summed E-state index contributed by atoms with van der Waals surface area (Å²) >= 11 is 0. The van der Waals surface area contributed by atoms with Crippen molar-refractivity contribution in [2.75, 3.05) is 13.7 Å². The maximum Gasteiger partial charge on any atom is 0.119 e. The Morgan fingerprint density at radius 3 is 1.73 bits per heavy atom. The molecule has 22 heavy (non-hydrogen) atoms. The molecule has 0 saturated heterocycles. The van der Waals surface area contributed by atoms with Crippen molar-refractivity contribution in [3.8, 4) is 11.5 Å². The molecule has 118 valence electrons. The van der Waals surface area contributed by atoms with Crippen molar-refractivity contribution in [2.24, 2.45) is 5.92 Å². The third-order valence-electron chi connectivity index (χ3n) is 3.85. The lowest BCUT2D eigenvalue weighted by Gasteiger charge is -2.22. The predicted molar refractivity (Wildman–Crippen MR) is 91.9 cm³/mol.